The van der Waals surface area contributed by atoms with Gasteiger partial charge in [0.05, 0.1) is 13.7 Å². The van der Waals surface area contributed by atoms with Gasteiger partial charge in [-0.1, -0.05) is 118 Å². The van der Waals surface area contributed by atoms with Gasteiger partial charge in [0.2, 0.25) is 0 Å². The molecule has 0 N–H and O–H groups in total. The van der Waals surface area contributed by atoms with Crippen LogP contribution in [0.25, 0.3) is 55.6 Å². The van der Waals surface area contributed by atoms with Crippen molar-refractivity contribution < 1.29 is 28.6 Å². The molecule has 0 aliphatic heterocycles. The van der Waals surface area contributed by atoms with E-state index >= 15 is 0 Å². The summed E-state index contributed by atoms with van der Waals surface area (Å²) in [5.41, 5.74) is 9.09. The van der Waals surface area contributed by atoms with Crippen molar-refractivity contribution >= 4 is 35.2 Å². The zero-order valence-corrected chi connectivity index (χ0v) is 30.1. The quantitative estimate of drug-likeness (QED) is 0.129. The van der Waals surface area contributed by atoms with E-state index in [2.05, 4.69) is 122 Å². The summed E-state index contributed by atoms with van der Waals surface area (Å²) in [6.07, 6.45) is 3.79. The minimum Gasteiger partial charge on any atom is -0.501 e. The molecule has 0 spiro atoms. The van der Waals surface area contributed by atoms with E-state index in [1.54, 1.807) is 12.1 Å². The molecule has 0 bridgehead atoms. The first-order chi connectivity index (χ1) is 22.9. The van der Waals surface area contributed by atoms with Gasteiger partial charge in [0.1, 0.15) is 5.58 Å². The van der Waals surface area contributed by atoms with Crippen LogP contribution in [0.3, 0.4) is 0 Å². The number of aryl methyl sites for hydroxylation is 1. The van der Waals surface area contributed by atoms with Crippen LogP contribution >= 0.6 is 0 Å². The molecule has 0 fully saturated rings. The predicted molar refractivity (Wildman–Crippen MR) is 192 cm³/mol. The molecule has 0 atom stereocenters. The minimum absolute atomic E-state index is 0. The van der Waals surface area contributed by atoms with Crippen molar-refractivity contribution in [1.29, 1.82) is 0 Å². The SMILES string of the molecule is CC(C)c1ccnc(-c2[c-]ccc3c2oc2cc(-c4ccccc4)ccc23)c1.[2H]C([2H])([2H])c1c[c-]c(-c2ccc([Si](C)(C)C)cn2)cc1.[Ir]. The predicted octanol–water partition coefficient (Wildman–Crippen LogP) is 10.6. The summed E-state index contributed by atoms with van der Waals surface area (Å²) in [5, 5.41) is 3.52. The van der Waals surface area contributed by atoms with Gasteiger partial charge < -0.3 is 14.4 Å². The number of benzene rings is 4. The summed E-state index contributed by atoms with van der Waals surface area (Å²) in [6, 6.07) is 40.4. The number of nitrogens with zero attached hydrogens (tertiary/aromatic N) is 2. The molecule has 46 heavy (non-hydrogen) atoms. The van der Waals surface area contributed by atoms with Gasteiger partial charge in [0, 0.05) is 42.0 Å². The Morgan fingerprint density at radius 2 is 1.61 bits per heavy atom. The second-order valence-corrected chi connectivity index (χ2v) is 17.7. The van der Waals surface area contributed by atoms with Gasteiger partial charge >= 0.3 is 0 Å². The van der Waals surface area contributed by atoms with Crippen molar-refractivity contribution in [2.24, 2.45) is 0 Å². The maximum absolute atomic E-state index is 7.35. The van der Waals surface area contributed by atoms with E-state index in [1.165, 1.54) is 22.4 Å². The van der Waals surface area contributed by atoms with Gasteiger partial charge in [0.15, 0.2) is 0 Å². The van der Waals surface area contributed by atoms with E-state index in [0.29, 0.717) is 11.5 Å². The maximum atomic E-state index is 7.35. The smallest absolute Gasteiger partial charge is 0.121 e. The molecule has 0 aliphatic rings. The maximum Gasteiger partial charge on any atom is 0.121 e. The molecular formula is C41H38IrN2OSi-2. The Bertz CT molecular complexity index is 2120. The first-order valence-corrected chi connectivity index (χ1v) is 18.8. The van der Waals surface area contributed by atoms with Crippen LogP contribution in [0.2, 0.25) is 19.6 Å². The number of hydrogen-bond donors (Lipinski definition) is 0. The summed E-state index contributed by atoms with van der Waals surface area (Å²) in [7, 11) is -1.34. The van der Waals surface area contributed by atoms with Crippen molar-refractivity contribution in [3.05, 3.63) is 139 Å². The van der Waals surface area contributed by atoms with Crippen LogP contribution in [-0.2, 0) is 20.1 Å². The standard InChI is InChI=1S/C26H20NO.C15H18NSi.Ir/c1-17(2)19-13-14-27-24(15-19)23-10-6-9-22-21-12-11-20(16-25(21)28-26(22)23)18-7-4-3-5-8-18;1-12-5-7-13(8-6-12)15-10-9-14(11-16-15)17(2,3)4;/h3-9,11-17H,1-2H3;5-7,9-11H,1-4H3;/q2*-1;/i;1D3;. The topological polar surface area (TPSA) is 38.9 Å². The van der Waals surface area contributed by atoms with Gasteiger partial charge in [-0.05, 0) is 45.8 Å². The summed E-state index contributed by atoms with van der Waals surface area (Å²) < 4.78 is 28.4. The van der Waals surface area contributed by atoms with E-state index < -0.39 is 14.9 Å². The number of aromatic nitrogens is 2. The normalized spacial score (nSPS) is 12.5. The van der Waals surface area contributed by atoms with Crippen LogP contribution in [0.5, 0.6) is 0 Å². The van der Waals surface area contributed by atoms with Gasteiger partial charge in [-0.25, -0.2) is 0 Å². The second-order valence-electron chi connectivity index (χ2n) is 12.6. The van der Waals surface area contributed by atoms with Gasteiger partial charge in [-0.2, -0.15) is 0 Å². The van der Waals surface area contributed by atoms with Gasteiger partial charge in [-0.3, -0.25) is 0 Å². The van der Waals surface area contributed by atoms with E-state index in [-0.39, 0.29) is 20.1 Å². The third-order valence-corrected chi connectivity index (χ3v) is 9.99. The molecule has 7 rings (SSSR count). The number of fused-ring (bicyclic) bond motifs is 3. The molecule has 0 saturated heterocycles. The molecule has 3 heterocycles. The zero-order chi connectivity index (χ0) is 34.1. The molecule has 4 aromatic carbocycles. The Kier molecular flexibility index (Phi) is 8.96. The molecule has 0 amide bonds. The Morgan fingerprint density at radius 1 is 0.783 bits per heavy atom. The van der Waals surface area contributed by atoms with Crippen LogP contribution in [0, 0.1) is 19.0 Å². The van der Waals surface area contributed by atoms with E-state index in [0.717, 1.165) is 50.0 Å². The largest absolute Gasteiger partial charge is 0.501 e. The average molecular weight is 798 g/mol. The number of hydrogen-bond acceptors (Lipinski definition) is 3. The monoisotopic (exact) mass is 798 g/mol. The molecule has 233 valence electrons. The summed E-state index contributed by atoms with van der Waals surface area (Å²) >= 11 is 0. The molecule has 7 aromatic rings. The zero-order valence-electron chi connectivity index (χ0n) is 29.7. The van der Waals surface area contributed by atoms with E-state index in [1.807, 2.05) is 30.6 Å². The first-order valence-electron chi connectivity index (χ1n) is 16.8. The van der Waals surface area contributed by atoms with Crippen LogP contribution in [0.15, 0.2) is 120 Å². The van der Waals surface area contributed by atoms with Crippen LogP contribution in [0.4, 0.5) is 0 Å². The fraction of sp³-hybridized carbons (Fsp3) is 0.171. The average Bonchev–Trinajstić information content (AvgIpc) is 3.46. The van der Waals surface area contributed by atoms with Crippen molar-refractivity contribution in [3.8, 4) is 33.6 Å². The number of pyridine rings is 2. The van der Waals surface area contributed by atoms with Crippen molar-refractivity contribution in [2.75, 3.05) is 0 Å². The molecule has 0 saturated carbocycles. The third kappa shape index (κ3) is 7.29. The molecule has 0 unspecified atom stereocenters. The molecule has 5 heteroatoms. The molecule has 1 radical (unpaired) electrons. The van der Waals surface area contributed by atoms with Crippen LogP contribution in [-0.4, -0.2) is 18.0 Å². The van der Waals surface area contributed by atoms with E-state index in [4.69, 9.17) is 8.53 Å². The summed E-state index contributed by atoms with van der Waals surface area (Å²) in [5.74, 6) is 0.449. The number of rotatable bonds is 5. The fourth-order valence-corrected chi connectivity index (χ4v) is 6.30. The van der Waals surface area contributed by atoms with Crippen molar-refractivity contribution in [3.63, 3.8) is 0 Å². The Hall–Kier alpha value is -4.15. The molecule has 3 aromatic heterocycles. The Balaban J connectivity index is 0.000000199. The second kappa shape index (κ2) is 14.1. The van der Waals surface area contributed by atoms with Gasteiger partial charge in [0.25, 0.3) is 0 Å². The molecular weight excluding hydrogens is 757 g/mol. The molecule has 3 nitrogen and oxygen atoms in total. The number of furan rings is 1. The van der Waals surface area contributed by atoms with Crippen molar-refractivity contribution in [1.82, 2.24) is 9.97 Å². The van der Waals surface area contributed by atoms with Crippen molar-refractivity contribution in [2.45, 2.75) is 46.3 Å². The van der Waals surface area contributed by atoms with E-state index in [9.17, 15) is 0 Å². The first kappa shape index (κ1) is 29.3. The summed E-state index contributed by atoms with van der Waals surface area (Å²) in [6.45, 7) is 9.14. The molecule has 0 aliphatic carbocycles. The van der Waals surface area contributed by atoms with Crippen LogP contribution < -0.4 is 5.19 Å². The Morgan fingerprint density at radius 3 is 2.28 bits per heavy atom. The minimum atomic E-state index is -2.08. The van der Waals surface area contributed by atoms with Crippen LogP contribution in [0.1, 0.15) is 35.0 Å². The third-order valence-electron chi connectivity index (χ3n) is 7.97. The summed E-state index contributed by atoms with van der Waals surface area (Å²) in [4.78, 5) is 9.06. The Labute approximate surface area is 291 Å². The van der Waals surface area contributed by atoms with Gasteiger partial charge in [-0.15, -0.1) is 53.6 Å². The fourth-order valence-electron chi connectivity index (χ4n) is 5.27.